The van der Waals surface area contributed by atoms with Gasteiger partial charge in [-0.2, -0.15) is 13.2 Å². The van der Waals surface area contributed by atoms with Gasteiger partial charge in [0.05, 0.1) is 6.54 Å². The standard InChI is InChI=1S/C13H18F3N3O2S/c1-10-8-22-12(21)19(10)7-11(20)18-4-2-3-17(5-6-18)9-13(14,15)16/h8H,2-7,9H2,1H3. The van der Waals surface area contributed by atoms with Gasteiger partial charge in [0.15, 0.2) is 0 Å². The Kier molecular flexibility index (Phi) is 5.28. The van der Waals surface area contributed by atoms with E-state index in [2.05, 4.69) is 0 Å². The normalized spacial score (nSPS) is 17.5. The quantitative estimate of drug-likeness (QED) is 0.836. The highest BCUT2D eigenvalue weighted by Gasteiger charge is 2.31. The molecule has 1 aliphatic rings. The number of thiazole rings is 1. The number of aryl methyl sites for hydroxylation is 1. The molecule has 5 nitrogen and oxygen atoms in total. The van der Waals surface area contributed by atoms with Crippen molar-refractivity contribution in [1.29, 1.82) is 0 Å². The number of hydrogen-bond donors (Lipinski definition) is 0. The molecule has 0 atom stereocenters. The molecule has 1 aromatic heterocycles. The zero-order valence-electron chi connectivity index (χ0n) is 12.2. The number of halogens is 3. The van der Waals surface area contributed by atoms with Crippen molar-refractivity contribution in [1.82, 2.24) is 14.4 Å². The summed E-state index contributed by atoms with van der Waals surface area (Å²) in [6.07, 6.45) is -3.72. The third-order valence-electron chi connectivity index (χ3n) is 3.61. The van der Waals surface area contributed by atoms with Crippen molar-refractivity contribution in [2.24, 2.45) is 0 Å². The Morgan fingerprint density at radius 1 is 1.27 bits per heavy atom. The highest BCUT2D eigenvalue weighted by Crippen LogP contribution is 2.17. The van der Waals surface area contributed by atoms with Crippen LogP contribution in [0.25, 0.3) is 0 Å². The first-order valence-corrected chi connectivity index (χ1v) is 7.86. The van der Waals surface area contributed by atoms with Gasteiger partial charge in [-0.1, -0.05) is 11.3 Å². The fraction of sp³-hybridized carbons (Fsp3) is 0.692. The molecular formula is C13H18F3N3O2S. The first-order chi connectivity index (χ1) is 10.3. The van der Waals surface area contributed by atoms with Crippen molar-refractivity contribution < 1.29 is 18.0 Å². The number of rotatable bonds is 3. The van der Waals surface area contributed by atoms with Gasteiger partial charge in [-0.25, -0.2) is 0 Å². The molecule has 0 N–H and O–H groups in total. The van der Waals surface area contributed by atoms with Crippen molar-refractivity contribution in [3.05, 3.63) is 20.7 Å². The lowest BCUT2D eigenvalue weighted by molar-refractivity contribution is -0.145. The van der Waals surface area contributed by atoms with Gasteiger partial charge in [0, 0.05) is 37.3 Å². The second kappa shape index (κ2) is 6.82. The summed E-state index contributed by atoms with van der Waals surface area (Å²) in [5.41, 5.74) is 0.719. The molecule has 1 fully saturated rings. The monoisotopic (exact) mass is 337 g/mol. The van der Waals surface area contributed by atoms with Crippen molar-refractivity contribution in [3.63, 3.8) is 0 Å². The average molecular weight is 337 g/mol. The van der Waals surface area contributed by atoms with Gasteiger partial charge < -0.3 is 4.90 Å². The second-order valence-electron chi connectivity index (χ2n) is 5.35. The van der Waals surface area contributed by atoms with Crippen LogP contribution in [0.15, 0.2) is 10.2 Å². The molecule has 1 saturated heterocycles. The molecule has 1 amide bonds. The Bertz CT molecular complexity index is 582. The molecule has 0 spiro atoms. The van der Waals surface area contributed by atoms with Crippen LogP contribution in [0.4, 0.5) is 13.2 Å². The first-order valence-electron chi connectivity index (χ1n) is 6.98. The zero-order valence-corrected chi connectivity index (χ0v) is 13.0. The second-order valence-corrected chi connectivity index (χ2v) is 6.18. The van der Waals surface area contributed by atoms with Gasteiger partial charge in [0.2, 0.25) is 5.91 Å². The molecule has 0 aromatic carbocycles. The van der Waals surface area contributed by atoms with Gasteiger partial charge in [0.25, 0.3) is 0 Å². The average Bonchev–Trinajstić information content (AvgIpc) is 2.64. The maximum absolute atomic E-state index is 12.4. The summed E-state index contributed by atoms with van der Waals surface area (Å²) in [5, 5.41) is 1.68. The SMILES string of the molecule is Cc1csc(=O)n1CC(=O)N1CCCN(CC(F)(F)F)CC1. The van der Waals surface area contributed by atoms with Crippen LogP contribution in [0, 0.1) is 6.92 Å². The van der Waals surface area contributed by atoms with Gasteiger partial charge in [-0.05, 0) is 13.3 Å². The van der Waals surface area contributed by atoms with E-state index in [4.69, 9.17) is 0 Å². The number of alkyl halides is 3. The summed E-state index contributed by atoms with van der Waals surface area (Å²) in [4.78, 5) is 26.5. The summed E-state index contributed by atoms with van der Waals surface area (Å²) in [7, 11) is 0. The number of carbonyl (C=O) groups excluding carboxylic acids is 1. The Morgan fingerprint density at radius 2 is 2.00 bits per heavy atom. The van der Waals surface area contributed by atoms with Crippen molar-refractivity contribution in [2.75, 3.05) is 32.7 Å². The predicted octanol–water partition coefficient (Wildman–Crippen LogP) is 1.31. The summed E-state index contributed by atoms with van der Waals surface area (Å²) in [5.74, 6) is -0.225. The molecule has 2 rings (SSSR count). The molecule has 0 radical (unpaired) electrons. The number of hydrogen-bond acceptors (Lipinski definition) is 4. The van der Waals surface area contributed by atoms with Crippen molar-refractivity contribution >= 4 is 17.2 Å². The highest BCUT2D eigenvalue weighted by molar-refractivity contribution is 7.07. The Labute approximate surface area is 129 Å². The molecule has 22 heavy (non-hydrogen) atoms. The molecule has 2 heterocycles. The number of aromatic nitrogens is 1. The minimum atomic E-state index is -4.22. The van der Waals surface area contributed by atoms with E-state index in [-0.39, 0.29) is 30.4 Å². The topological polar surface area (TPSA) is 45.6 Å². The minimum Gasteiger partial charge on any atom is -0.340 e. The van der Waals surface area contributed by atoms with Crippen LogP contribution in [-0.2, 0) is 11.3 Å². The van der Waals surface area contributed by atoms with Crippen LogP contribution in [0.3, 0.4) is 0 Å². The molecule has 0 unspecified atom stereocenters. The first kappa shape index (κ1) is 17.0. The Balaban J connectivity index is 1.93. The largest absolute Gasteiger partial charge is 0.401 e. The fourth-order valence-corrected chi connectivity index (χ4v) is 3.20. The third kappa shape index (κ3) is 4.57. The zero-order chi connectivity index (χ0) is 16.3. The third-order valence-corrected chi connectivity index (χ3v) is 4.49. The highest BCUT2D eigenvalue weighted by atomic mass is 32.1. The van der Waals surface area contributed by atoms with Crippen molar-refractivity contribution in [3.8, 4) is 0 Å². The molecule has 0 saturated carbocycles. The lowest BCUT2D eigenvalue weighted by Crippen LogP contribution is -2.40. The number of nitrogens with zero attached hydrogens (tertiary/aromatic N) is 3. The molecule has 124 valence electrons. The van der Waals surface area contributed by atoms with Crippen LogP contribution < -0.4 is 4.87 Å². The van der Waals surface area contributed by atoms with Gasteiger partial charge in [-0.15, -0.1) is 0 Å². The van der Waals surface area contributed by atoms with Crippen molar-refractivity contribution in [2.45, 2.75) is 26.1 Å². The molecule has 9 heteroatoms. The molecular weight excluding hydrogens is 319 g/mol. The minimum absolute atomic E-state index is 0.0482. The van der Waals surface area contributed by atoms with E-state index in [0.717, 1.165) is 17.0 Å². The van der Waals surface area contributed by atoms with E-state index in [1.165, 1.54) is 9.47 Å². The maximum atomic E-state index is 12.4. The lowest BCUT2D eigenvalue weighted by Gasteiger charge is -2.23. The molecule has 0 aliphatic carbocycles. The predicted molar refractivity (Wildman–Crippen MR) is 77.0 cm³/mol. The molecule has 0 bridgehead atoms. The van der Waals surface area contributed by atoms with Gasteiger partial charge >= 0.3 is 11.0 Å². The van der Waals surface area contributed by atoms with E-state index in [1.54, 1.807) is 17.2 Å². The van der Waals surface area contributed by atoms with Gasteiger partial charge in [0.1, 0.15) is 6.54 Å². The number of carbonyl (C=O) groups is 1. The summed E-state index contributed by atoms with van der Waals surface area (Å²) >= 11 is 1.03. The van der Waals surface area contributed by atoms with E-state index < -0.39 is 12.7 Å². The summed E-state index contributed by atoms with van der Waals surface area (Å²) < 4.78 is 38.6. The lowest BCUT2D eigenvalue weighted by atomic mass is 10.3. The Morgan fingerprint density at radius 3 is 2.59 bits per heavy atom. The molecule has 1 aliphatic heterocycles. The van der Waals surface area contributed by atoms with Crippen LogP contribution in [0.5, 0.6) is 0 Å². The van der Waals surface area contributed by atoms with Crippen LogP contribution >= 0.6 is 11.3 Å². The van der Waals surface area contributed by atoms with Crippen LogP contribution in [0.2, 0.25) is 0 Å². The fourth-order valence-electron chi connectivity index (χ4n) is 2.46. The molecule has 1 aromatic rings. The Hall–Kier alpha value is -1.35. The smallest absolute Gasteiger partial charge is 0.340 e. The van der Waals surface area contributed by atoms with Gasteiger partial charge in [-0.3, -0.25) is 19.1 Å². The van der Waals surface area contributed by atoms with E-state index in [1.807, 2.05) is 0 Å². The van der Waals surface area contributed by atoms with Crippen LogP contribution in [0.1, 0.15) is 12.1 Å². The maximum Gasteiger partial charge on any atom is 0.401 e. The van der Waals surface area contributed by atoms with Crippen LogP contribution in [-0.4, -0.2) is 59.2 Å². The van der Waals surface area contributed by atoms with E-state index in [0.29, 0.717) is 19.5 Å². The van der Waals surface area contributed by atoms with E-state index in [9.17, 15) is 22.8 Å². The summed E-state index contributed by atoms with van der Waals surface area (Å²) in [6.45, 7) is 1.95. The number of amides is 1. The van der Waals surface area contributed by atoms with E-state index >= 15 is 0 Å². The summed E-state index contributed by atoms with van der Waals surface area (Å²) in [6, 6.07) is 0.